The molecule has 0 aliphatic heterocycles. The fourth-order valence-electron chi connectivity index (χ4n) is 2.42. The van der Waals surface area contributed by atoms with E-state index in [0.29, 0.717) is 4.68 Å². The molecule has 0 N–H and O–H groups in total. The van der Waals surface area contributed by atoms with Gasteiger partial charge in [-0.15, -0.1) is 23.3 Å². The number of benzene rings is 1. The summed E-state index contributed by atoms with van der Waals surface area (Å²) in [6.45, 7) is 1.67. The zero-order chi connectivity index (χ0) is 21.1. The van der Waals surface area contributed by atoms with Crippen molar-refractivity contribution in [2.45, 2.75) is 11.9 Å². The Morgan fingerprint density at radius 1 is 1.45 bits per heavy atom. The van der Waals surface area contributed by atoms with Gasteiger partial charge in [-0.3, -0.25) is 0 Å². The quantitative estimate of drug-likeness (QED) is 0.328. The van der Waals surface area contributed by atoms with Crippen LogP contribution >= 0.6 is 23.4 Å². The maximum absolute atomic E-state index is 14.5. The minimum atomic E-state index is -0.857. The van der Waals surface area contributed by atoms with Crippen molar-refractivity contribution >= 4 is 35.0 Å². The number of aromatic nitrogens is 5. The van der Waals surface area contributed by atoms with Crippen LogP contribution in [0.3, 0.4) is 0 Å². The van der Waals surface area contributed by atoms with Crippen LogP contribution in [0, 0.1) is 18.2 Å². The van der Waals surface area contributed by atoms with Crippen LogP contribution in [0.1, 0.15) is 17.3 Å². The number of ether oxygens (including phenoxy) is 2. The van der Waals surface area contributed by atoms with E-state index >= 15 is 0 Å². The highest BCUT2D eigenvalue weighted by atomic mass is 35.5. The molecule has 0 aliphatic carbocycles. The summed E-state index contributed by atoms with van der Waals surface area (Å²) in [6, 6.07) is 2.13. The van der Waals surface area contributed by atoms with Gasteiger partial charge in [0, 0.05) is 6.07 Å². The molecule has 2 aromatic heterocycles. The van der Waals surface area contributed by atoms with Crippen molar-refractivity contribution in [2.24, 2.45) is 0 Å². The van der Waals surface area contributed by atoms with Crippen molar-refractivity contribution in [3.05, 3.63) is 39.0 Å². The van der Waals surface area contributed by atoms with Gasteiger partial charge in [-0.1, -0.05) is 22.7 Å². The lowest BCUT2D eigenvalue weighted by Crippen LogP contribution is -2.30. The average Bonchev–Trinajstić information content (AvgIpc) is 3.08. The number of hydrogen-bond acceptors (Lipinski definition) is 8. The zero-order valence-electron chi connectivity index (χ0n) is 15.2. The molecule has 0 fully saturated rings. The Morgan fingerprint density at radius 2 is 2.21 bits per heavy atom. The Balaban J connectivity index is 2.21. The normalized spacial score (nSPS) is 10.7. The molecule has 0 saturated heterocycles. The number of rotatable bonds is 6. The van der Waals surface area contributed by atoms with Crippen LogP contribution in [0.4, 0.5) is 4.39 Å². The fraction of sp³-hybridized carbons (Fsp3) is 0.235. The summed E-state index contributed by atoms with van der Waals surface area (Å²) < 4.78 is 26.2. The zero-order valence-corrected chi connectivity index (χ0v) is 16.8. The lowest BCUT2D eigenvalue weighted by atomic mass is 10.3. The predicted octanol–water partition coefficient (Wildman–Crippen LogP) is 1.98. The van der Waals surface area contributed by atoms with Crippen molar-refractivity contribution in [3.8, 4) is 23.8 Å². The van der Waals surface area contributed by atoms with Crippen LogP contribution in [0.2, 0.25) is 5.02 Å². The minimum absolute atomic E-state index is 0.00530. The highest BCUT2D eigenvalue weighted by molar-refractivity contribution is 7.98. The van der Waals surface area contributed by atoms with Crippen LogP contribution in [-0.2, 0) is 4.74 Å². The van der Waals surface area contributed by atoms with Gasteiger partial charge in [0.05, 0.1) is 11.6 Å². The van der Waals surface area contributed by atoms with Gasteiger partial charge in [0.1, 0.15) is 28.6 Å². The third-order valence-corrected chi connectivity index (χ3v) is 4.60. The molecule has 3 rings (SSSR count). The molecule has 0 spiro atoms. The first kappa shape index (κ1) is 20.6. The molecule has 12 heteroatoms. The lowest BCUT2D eigenvalue weighted by molar-refractivity contribution is 0.0524. The Hall–Kier alpha value is -3.10. The number of halogens is 2. The number of terminal acetylenes is 1. The number of fused-ring (bicyclic) bond motifs is 1. The van der Waals surface area contributed by atoms with E-state index in [2.05, 4.69) is 21.3 Å². The van der Waals surface area contributed by atoms with E-state index in [0.717, 1.165) is 22.3 Å². The molecule has 0 atom stereocenters. The number of nitrogens with zero attached hydrogens (tertiary/aromatic N) is 5. The summed E-state index contributed by atoms with van der Waals surface area (Å²) in [5.41, 5.74) is -1.23. The maximum atomic E-state index is 14.5. The molecule has 0 aliphatic rings. The molecule has 3 aromatic rings. The number of hydrogen-bond donors (Lipinski definition) is 0. The number of esters is 1. The molecule has 29 heavy (non-hydrogen) atoms. The molecule has 0 unspecified atom stereocenters. The Bertz CT molecular complexity index is 1200. The second-order valence-electron chi connectivity index (χ2n) is 5.35. The fourth-order valence-corrected chi connectivity index (χ4v) is 3.16. The van der Waals surface area contributed by atoms with Crippen molar-refractivity contribution in [2.75, 3.05) is 19.5 Å². The van der Waals surface area contributed by atoms with E-state index in [9.17, 15) is 14.0 Å². The number of carbonyl (C=O) groups excluding carboxylic acids is 1. The van der Waals surface area contributed by atoms with E-state index in [1.807, 2.05) is 0 Å². The molecular formula is C17H13ClFN5O4S. The first-order valence-corrected chi connectivity index (χ1v) is 9.68. The highest BCUT2D eigenvalue weighted by Gasteiger charge is 2.25. The van der Waals surface area contributed by atoms with Crippen LogP contribution < -0.4 is 10.4 Å². The monoisotopic (exact) mass is 437 g/mol. The van der Waals surface area contributed by atoms with E-state index in [4.69, 9.17) is 27.5 Å². The summed E-state index contributed by atoms with van der Waals surface area (Å²) in [5, 5.41) is 11.9. The van der Waals surface area contributed by atoms with Gasteiger partial charge in [-0.2, -0.15) is 14.3 Å². The van der Waals surface area contributed by atoms with Crippen LogP contribution in [0.25, 0.3) is 11.3 Å². The van der Waals surface area contributed by atoms with Crippen molar-refractivity contribution in [1.82, 2.24) is 24.6 Å². The summed E-state index contributed by atoms with van der Waals surface area (Å²) in [6.07, 6.45) is 6.82. The summed E-state index contributed by atoms with van der Waals surface area (Å²) in [4.78, 5) is 25.1. The molecule has 0 radical (unpaired) electrons. The maximum Gasteiger partial charge on any atom is 0.373 e. The van der Waals surface area contributed by atoms with E-state index in [1.165, 1.54) is 6.07 Å². The predicted molar refractivity (Wildman–Crippen MR) is 103 cm³/mol. The van der Waals surface area contributed by atoms with E-state index in [1.54, 1.807) is 13.2 Å². The van der Waals surface area contributed by atoms with Crippen molar-refractivity contribution < 1.29 is 18.7 Å². The molecular weight excluding hydrogens is 425 g/mol. The van der Waals surface area contributed by atoms with Crippen LogP contribution in [-0.4, -0.2) is 50.0 Å². The van der Waals surface area contributed by atoms with Gasteiger partial charge in [-0.05, 0) is 19.2 Å². The second kappa shape index (κ2) is 8.50. The van der Waals surface area contributed by atoms with E-state index < -0.39 is 17.5 Å². The second-order valence-corrected chi connectivity index (χ2v) is 6.55. The lowest BCUT2D eigenvalue weighted by Gasteiger charge is -2.10. The first-order chi connectivity index (χ1) is 13.9. The van der Waals surface area contributed by atoms with Gasteiger partial charge in [0.15, 0.2) is 11.5 Å². The van der Waals surface area contributed by atoms with Gasteiger partial charge < -0.3 is 9.47 Å². The molecule has 0 amide bonds. The standard InChI is InChI=1S/C17H13ClFN5O4S/c1-4-6-28-12-8-11(10(19)7-9(12)18)23-17(26)24-14(20-22-23)13(15(21-24)29-3)16(25)27-5-2/h1,7-8H,5-6H2,2-3H3. The van der Waals surface area contributed by atoms with E-state index in [-0.39, 0.29) is 45.9 Å². The molecule has 150 valence electrons. The average molecular weight is 438 g/mol. The van der Waals surface area contributed by atoms with Gasteiger partial charge in [-0.25, -0.2) is 14.0 Å². The Labute approximate surface area is 172 Å². The minimum Gasteiger partial charge on any atom is -0.479 e. The highest BCUT2D eigenvalue weighted by Crippen LogP contribution is 2.29. The molecule has 9 nitrogen and oxygen atoms in total. The topological polar surface area (TPSA) is 101 Å². The smallest absolute Gasteiger partial charge is 0.373 e. The summed E-state index contributed by atoms with van der Waals surface area (Å²) >= 11 is 7.06. The Kier molecular flexibility index (Phi) is 6.05. The largest absolute Gasteiger partial charge is 0.479 e. The van der Waals surface area contributed by atoms with Crippen LogP contribution in [0.15, 0.2) is 22.0 Å². The van der Waals surface area contributed by atoms with Crippen LogP contribution in [0.5, 0.6) is 5.75 Å². The third kappa shape index (κ3) is 3.76. The van der Waals surface area contributed by atoms with Gasteiger partial charge in [0.2, 0.25) is 0 Å². The molecule has 1 aromatic carbocycles. The SMILES string of the molecule is C#CCOc1cc(-n2nnc3c(C(=O)OCC)c(SC)nn3c2=O)c(F)cc1Cl. The summed E-state index contributed by atoms with van der Waals surface area (Å²) in [7, 11) is 0. The molecule has 0 bridgehead atoms. The number of carbonyl (C=O) groups is 1. The number of thioether (sulfide) groups is 1. The van der Waals surface area contributed by atoms with Gasteiger partial charge >= 0.3 is 11.7 Å². The third-order valence-electron chi connectivity index (χ3n) is 3.63. The van der Waals surface area contributed by atoms with Crippen molar-refractivity contribution in [1.29, 1.82) is 0 Å². The molecule has 2 heterocycles. The Morgan fingerprint density at radius 3 is 2.86 bits per heavy atom. The van der Waals surface area contributed by atoms with Gasteiger partial charge in [0.25, 0.3) is 0 Å². The van der Waals surface area contributed by atoms with Crippen molar-refractivity contribution in [3.63, 3.8) is 0 Å². The summed E-state index contributed by atoms with van der Waals surface area (Å²) in [5.74, 6) is 0.781. The molecule has 0 saturated carbocycles. The first-order valence-electron chi connectivity index (χ1n) is 8.08.